The molecule has 0 bridgehead atoms. The van der Waals surface area contributed by atoms with Gasteiger partial charge in [0.2, 0.25) is 0 Å². The first kappa shape index (κ1) is 15.3. The third kappa shape index (κ3) is 4.46. The molecule has 2 aromatic rings. The molecule has 2 N–H and O–H groups in total. The van der Waals surface area contributed by atoms with E-state index >= 15 is 0 Å². The number of hydrogen-bond acceptors (Lipinski definition) is 3. The molecule has 0 fully saturated rings. The predicted molar refractivity (Wildman–Crippen MR) is 83.9 cm³/mol. The first-order valence-corrected chi connectivity index (χ1v) is 7.00. The molecule has 0 atom stereocenters. The van der Waals surface area contributed by atoms with Gasteiger partial charge in [0.25, 0.3) is 0 Å². The molecule has 0 heterocycles. The summed E-state index contributed by atoms with van der Waals surface area (Å²) in [6, 6.07) is 12.0. The summed E-state index contributed by atoms with van der Waals surface area (Å²) in [5, 5.41) is 5.67. The van der Waals surface area contributed by atoms with E-state index in [9.17, 15) is 9.18 Å². The quantitative estimate of drug-likeness (QED) is 0.858. The first-order valence-electron chi connectivity index (χ1n) is 6.21. The summed E-state index contributed by atoms with van der Waals surface area (Å²) in [7, 11) is 1.30. The number of ether oxygens (including phenoxy) is 1. The van der Waals surface area contributed by atoms with Gasteiger partial charge in [-0.3, -0.25) is 5.32 Å². The van der Waals surface area contributed by atoms with Crippen LogP contribution >= 0.6 is 15.9 Å². The van der Waals surface area contributed by atoms with E-state index in [0.717, 1.165) is 5.69 Å². The zero-order chi connectivity index (χ0) is 15.2. The van der Waals surface area contributed by atoms with Crippen LogP contribution in [0.15, 0.2) is 46.9 Å². The zero-order valence-electron chi connectivity index (χ0n) is 11.3. The van der Waals surface area contributed by atoms with Gasteiger partial charge >= 0.3 is 6.09 Å². The molecule has 0 saturated heterocycles. The van der Waals surface area contributed by atoms with E-state index in [1.54, 1.807) is 36.4 Å². The SMILES string of the molecule is COC(=O)Nc1ccc(NCc2ccc(Br)cc2F)cc1. The van der Waals surface area contributed by atoms with Gasteiger partial charge in [-0.2, -0.15) is 0 Å². The molecule has 4 nitrogen and oxygen atoms in total. The Morgan fingerprint density at radius 3 is 2.48 bits per heavy atom. The van der Waals surface area contributed by atoms with Gasteiger partial charge in [0.05, 0.1) is 7.11 Å². The Bertz CT molecular complexity index is 632. The lowest BCUT2D eigenvalue weighted by Crippen LogP contribution is -2.10. The maximum absolute atomic E-state index is 13.7. The molecule has 21 heavy (non-hydrogen) atoms. The van der Waals surface area contributed by atoms with Gasteiger partial charge in [-0.25, -0.2) is 9.18 Å². The van der Waals surface area contributed by atoms with Crippen molar-refractivity contribution in [2.45, 2.75) is 6.54 Å². The van der Waals surface area contributed by atoms with Crippen LogP contribution in [0, 0.1) is 5.82 Å². The smallest absolute Gasteiger partial charge is 0.411 e. The van der Waals surface area contributed by atoms with Crippen molar-refractivity contribution in [2.75, 3.05) is 17.7 Å². The highest BCUT2D eigenvalue weighted by molar-refractivity contribution is 9.10. The Morgan fingerprint density at radius 2 is 1.86 bits per heavy atom. The van der Waals surface area contributed by atoms with E-state index in [1.807, 2.05) is 0 Å². The van der Waals surface area contributed by atoms with Crippen LogP contribution in [0.1, 0.15) is 5.56 Å². The molecule has 110 valence electrons. The van der Waals surface area contributed by atoms with Crippen molar-refractivity contribution in [1.29, 1.82) is 0 Å². The van der Waals surface area contributed by atoms with Crippen molar-refractivity contribution < 1.29 is 13.9 Å². The van der Waals surface area contributed by atoms with Crippen LogP contribution in [0.25, 0.3) is 0 Å². The Kier molecular flexibility index (Phi) is 5.16. The molecule has 0 aliphatic heterocycles. The van der Waals surface area contributed by atoms with Crippen molar-refractivity contribution >= 4 is 33.4 Å². The van der Waals surface area contributed by atoms with E-state index in [4.69, 9.17) is 0 Å². The molecule has 0 saturated carbocycles. The summed E-state index contributed by atoms with van der Waals surface area (Å²) in [5.41, 5.74) is 2.03. The lowest BCUT2D eigenvalue weighted by Gasteiger charge is -2.09. The first-order chi connectivity index (χ1) is 10.1. The van der Waals surface area contributed by atoms with Crippen LogP contribution in [0.2, 0.25) is 0 Å². The predicted octanol–water partition coefficient (Wildman–Crippen LogP) is 4.38. The Labute approximate surface area is 130 Å². The van der Waals surface area contributed by atoms with Gasteiger partial charge < -0.3 is 10.1 Å². The molecule has 0 radical (unpaired) electrons. The highest BCUT2D eigenvalue weighted by Gasteiger charge is 2.03. The second-order valence-corrected chi connectivity index (χ2v) is 5.20. The number of carbonyl (C=O) groups excluding carboxylic acids is 1. The lowest BCUT2D eigenvalue weighted by atomic mass is 10.2. The van der Waals surface area contributed by atoms with Crippen molar-refractivity contribution in [1.82, 2.24) is 0 Å². The van der Waals surface area contributed by atoms with Crippen LogP contribution in [0.3, 0.4) is 0 Å². The average molecular weight is 353 g/mol. The number of hydrogen-bond donors (Lipinski definition) is 2. The number of halogens is 2. The summed E-state index contributed by atoms with van der Waals surface area (Å²) in [6.45, 7) is 0.378. The summed E-state index contributed by atoms with van der Waals surface area (Å²) < 4.78 is 18.9. The molecule has 1 amide bonds. The highest BCUT2D eigenvalue weighted by atomic mass is 79.9. The standard InChI is InChI=1S/C15H14BrFN2O2/c1-21-15(20)19-13-6-4-12(5-7-13)18-9-10-2-3-11(16)8-14(10)17/h2-8,18H,9H2,1H3,(H,19,20). The third-order valence-corrected chi connectivity index (χ3v) is 3.31. The second kappa shape index (κ2) is 7.08. The molecular formula is C15H14BrFN2O2. The molecule has 6 heteroatoms. The second-order valence-electron chi connectivity index (χ2n) is 4.28. The van der Waals surface area contributed by atoms with Gasteiger partial charge in [0, 0.05) is 28.0 Å². The summed E-state index contributed by atoms with van der Waals surface area (Å²) in [5.74, 6) is -0.263. The minimum atomic E-state index is -0.521. The van der Waals surface area contributed by atoms with Crippen molar-refractivity contribution in [3.8, 4) is 0 Å². The molecule has 0 unspecified atom stereocenters. The monoisotopic (exact) mass is 352 g/mol. The Balaban J connectivity index is 1.96. The number of methoxy groups -OCH3 is 1. The fourth-order valence-corrected chi connectivity index (χ4v) is 2.04. The lowest BCUT2D eigenvalue weighted by molar-refractivity contribution is 0.187. The minimum absolute atomic E-state index is 0.263. The number of nitrogens with one attached hydrogen (secondary N) is 2. The number of carbonyl (C=O) groups is 1. The Hall–Kier alpha value is -2.08. The van der Waals surface area contributed by atoms with E-state index in [1.165, 1.54) is 13.2 Å². The van der Waals surface area contributed by atoms with E-state index in [2.05, 4.69) is 31.3 Å². The van der Waals surface area contributed by atoms with E-state index < -0.39 is 6.09 Å². The number of anilines is 2. The van der Waals surface area contributed by atoms with Gasteiger partial charge in [-0.15, -0.1) is 0 Å². The third-order valence-electron chi connectivity index (χ3n) is 2.81. The number of amides is 1. The van der Waals surface area contributed by atoms with Crippen LogP contribution < -0.4 is 10.6 Å². The molecule has 0 spiro atoms. The molecular weight excluding hydrogens is 339 g/mol. The maximum atomic E-state index is 13.7. The van der Waals surface area contributed by atoms with Gasteiger partial charge in [-0.1, -0.05) is 22.0 Å². The van der Waals surface area contributed by atoms with Gasteiger partial charge in [0.15, 0.2) is 0 Å². The fourth-order valence-electron chi connectivity index (χ4n) is 1.70. The highest BCUT2D eigenvalue weighted by Crippen LogP contribution is 2.18. The van der Waals surface area contributed by atoms with Gasteiger partial charge in [-0.05, 0) is 36.4 Å². The largest absolute Gasteiger partial charge is 0.453 e. The molecule has 0 aliphatic carbocycles. The maximum Gasteiger partial charge on any atom is 0.411 e. The summed E-state index contributed by atoms with van der Waals surface area (Å²) in [4.78, 5) is 11.0. The molecule has 2 aromatic carbocycles. The average Bonchev–Trinajstić information content (AvgIpc) is 2.48. The number of benzene rings is 2. The van der Waals surface area contributed by atoms with Crippen LogP contribution in [0.5, 0.6) is 0 Å². The van der Waals surface area contributed by atoms with Gasteiger partial charge in [0.1, 0.15) is 5.82 Å². The summed E-state index contributed by atoms with van der Waals surface area (Å²) >= 11 is 3.22. The topological polar surface area (TPSA) is 50.4 Å². The fraction of sp³-hybridized carbons (Fsp3) is 0.133. The molecule has 2 rings (SSSR count). The van der Waals surface area contributed by atoms with Crippen molar-refractivity contribution in [3.05, 3.63) is 58.3 Å². The van der Waals surface area contributed by atoms with E-state index in [0.29, 0.717) is 22.3 Å². The van der Waals surface area contributed by atoms with Crippen molar-refractivity contribution in [2.24, 2.45) is 0 Å². The van der Waals surface area contributed by atoms with Crippen LogP contribution in [0.4, 0.5) is 20.6 Å². The van der Waals surface area contributed by atoms with Crippen molar-refractivity contribution in [3.63, 3.8) is 0 Å². The van der Waals surface area contributed by atoms with Crippen LogP contribution in [-0.4, -0.2) is 13.2 Å². The van der Waals surface area contributed by atoms with E-state index in [-0.39, 0.29) is 5.82 Å². The minimum Gasteiger partial charge on any atom is -0.453 e. The Morgan fingerprint density at radius 1 is 1.19 bits per heavy atom. The molecule has 0 aliphatic rings. The summed E-state index contributed by atoms with van der Waals surface area (Å²) in [6.07, 6.45) is -0.521. The normalized spacial score (nSPS) is 10.0. The van der Waals surface area contributed by atoms with Crippen LogP contribution in [-0.2, 0) is 11.3 Å². The zero-order valence-corrected chi connectivity index (χ0v) is 12.9. The number of rotatable bonds is 4. The molecule has 0 aromatic heterocycles.